The van der Waals surface area contributed by atoms with Gasteiger partial charge in [-0.2, -0.15) is 0 Å². The van der Waals surface area contributed by atoms with Crippen LogP contribution >= 0.6 is 0 Å². The smallest absolute Gasteiger partial charge is 0.0947 e. The number of aryl methyl sites for hydroxylation is 1. The second kappa shape index (κ2) is 6.24. The lowest BCUT2D eigenvalue weighted by atomic mass is 10.0. The highest BCUT2D eigenvalue weighted by atomic mass is 15.3. The van der Waals surface area contributed by atoms with Crippen molar-refractivity contribution in [3.63, 3.8) is 0 Å². The van der Waals surface area contributed by atoms with Crippen molar-refractivity contribution in [3.05, 3.63) is 18.2 Å². The van der Waals surface area contributed by atoms with Crippen molar-refractivity contribution >= 4 is 0 Å². The number of piperazine rings is 1. The molecule has 0 amide bonds. The minimum absolute atomic E-state index is 0.273. The van der Waals surface area contributed by atoms with Gasteiger partial charge in [0.25, 0.3) is 0 Å². The van der Waals surface area contributed by atoms with Crippen LogP contribution in [0.3, 0.4) is 0 Å². The van der Waals surface area contributed by atoms with Gasteiger partial charge in [0.1, 0.15) is 0 Å². The summed E-state index contributed by atoms with van der Waals surface area (Å²) in [4.78, 5) is 9.67. The molecule has 1 saturated heterocycles. The van der Waals surface area contributed by atoms with Crippen LogP contribution in [0.15, 0.2) is 12.5 Å². The fourth-order valence-electron chi connectivity index (χ4n) is 2.92. The lowest BCUT2D eigenvalue weighted by Gasteiger charge is -2.44. The van der Waals surface area contributed by atoms with Crippen LogP contribution in [0.2, 0.25) is 0 Å². The monoisotopic (exact) mass is 279 g/mol. The summed E-state index contributed by atoms with van der Waals surface area (Å²) < 4.78 is 2.03. The van der Waals surface area contributed by atoms with Gasteiger partial charge in [-0.05, 0) is 27.8 Å². The topological polar surface area (TPSA) is 36.3 Å². The van der Waals surface area contributed by atoms with Crippen molar-refractivity contribution in [2.45, 2.75) is 32.4 Å². The van der Waals surface area contributed by atoms with Crippen LogP contribution in [0.1, 0.15) is 32.5 Å². The maximum atomic E-state index is 4.55. The van der Waals surface area contributed by atoms with Crippen LogP contribution in [-0.4, -0.2) is 64.7 Å². The van der Waals surface area contributed by atoms with Gasteiger partial charge < -0.3 is 9.88 Å². The van der Waals surface area contributed by atoms with Gasteiger partial charge in [-0.15, -0.1) is 0 Å². The van der Waals surface area contributed by atoms with E-state index >= 15 is 0 Å². The fourth-order valence-corrected chi connectivity index (χ4v) is 2.92. The average molecular weight is 279 g/mol. The number of imidazole rings is 1. The number of likely N-dealkylation sites (N-methyl/N-ethyl adjacent to an activating group) is 1. The molecule has 1 aliphatic rings. The van der Waals surface area contributed by atoms with Crippen molar-refractivity contribution in [3.8, 4) is 0 Å². The summed E-state index contributed by atoms with van der Waals surface area (Å²) >= 11 is 0. The SMILES string of the molecule is CNCC(c1cn(C)cn1)N1CCN(C(C)(C)C)CC1. The van der Waals surface area contributed by atoms with Crippen LogP contribution in [0.25, 0.3) is 0 Å². The van der Waals surface area contributed by atoms with E-state index in [2.05, 4.69) is 47.1 Å². The molecule has 5 heteroatoms. The molecule has 1 atom stereocenters. The van der Waals surface area contributed by atoms with Crippen LogP contribution < -0.4 is 5.32 Å². The Morgan fingerprint density at radius 2 is 1.90 bits per heavy atom. The van der Waals surface area contributed by atoms with Crippen LogP contribution in [0.4, 0.5) is 0 Å². The molecular formula is C15H29N5. The number of hydrogen-bond acceptors (Lipinski definition) is 4. The quantitative estimate of drug-likeness (QED) is 0.895. The summed E-state index contributed by atoms with van der Waals surface area (Å²) in [6.45, 7) is 12.3. The molecule has 2 heterocycles. The Morgan fingerprint density at radius 1 is 1.25 bits per heavy atom. The summed E-state index contributed by atoms with van der Waals surface area (Å²) in [5, 5.41) is 3.31. The first-order valence-corrected chi connectivity index (χ1v) is 7.53. The molecule has 5 nitrogen and oxygen atoms in total. The molecule has 1 aromatic heterocycles. The molecule has 1 unspecified atom stereocenters. The second-order valence-corrected chi connectivity index (χ2v) is 6.73. The van der Waals surface area contributed by atoms with E-state index < -0.39 is 0 Å². The highest BCUT2D eigenvalue weighted by molar-refractivity contribution is 5.06. The van der Waals surface area contributed by atoms with Gasteiger partial charge in [-0.3, -0.25) is 9.80 Å². The highest BCUT2D eigenvalue weighted by Gasteiger charge is 2.30. The Kier molecular flexibility index (Phi) is 4.83. The lowest BCUT2D eigenvalue weighted by Crippen LogP contribution is -2.54. The van der Waals surface area contributed by atoms with E-state index in [0.29, 0.717) is 6.04 Å². The number of hydrogen-bond donors (Lipinski definition) is 1. The predicted molar refractivity (Wildman–Crippen MR) is 82.8 cm³/mol. The van der Waals surface area contributed by atoms with Gasteiger partial charge in [-0.25, -0.2) is 4.98 Å². The maximum absolute atomic E-state index is 4.55. The molecule has 1 fully saturated rings. The third-order valence-corrected chi connectivity index (χ3v) is 4.17. The molecule has 2 rings (SSSR count). The third kappa shape index (κ3) is 3.59. The predicted octanol–water partition coefficient (Wildman–Crippen LogP) is 1.10. The van der Waals surface area contributed by atoms with Crippen molar-refractivity contribution in [1.82, 2.24) is 24.7 Å². The van der Waals surface area contributed by atoms with E-state index in [0.717, 1.165) is 32.7 Å². The normalized spacial score (nSPS) is 20.2. The Labute approximate surface area is 123 Å². The molecule has 0 saturated carbocycles. The molecule has 0 aliphatic carbocycles. The van der Waals surface area contributed by atoms with Gasteiger partial charge in [0.2, 0.25) is 0 Å². The maximum Gasteiger partial charge on any atom is 0.0947 e. The molecule has 1 aliphatic heterocycles. The Balaban J connectivity index is 2.02. The van der Waals surface area contributed by atoms with Gasteiger partial charge in [-0.1, -0.05) is 0 Å². The first-order valence-electron chi connectivity index (χ1n) is 7.53. The molecule has 1 aromatic rings. The summed E-state index contributed by atoms with van der Waals surface area (Å²) in [6, 6.07) is 0.378. The van der Waals surface area contributed by atoms with Crippen molar-refractivity contribution in [2.24, 2.45) is 7.05 Å². The van der Waals surface area contributed by atoms with E-state index in [1.54, 1.807) is 0 Å². The lowest BCUT2D eigenvalue weighted by molar-refractivity contribution is 0.0411. The molecule has 0 radical (unpaired) electrons. The number of nitrogens with one attached hydrogen (secondary N) is 1. The van der Waals surface area contributed by atoms with E-state index in [9.17, 15) is 0 Å². The number of nitrogens with zero attached hydrogens (tertiary/aromatic N) is 4. The van der Waals surface area contributed by atoms with E-state index in [1.807, 2.05) is 25.0 Å². The van der Waals surface area contributed by atoms with Crippen molar-refractivity contribution < 1.29 is 0 Å². The zero-order valence-electron chi connectivity index (χ0n) is 13.6. The molecule has 20 heavy (non-hydrogen) atoms. The molecular weight excluding hydrogens is 250 g/mol. The molecule has 1 N–H and O–H groups in total. The fraction of sp³-hybridized carbons (Fsp3) is 0.800. The van der Waals surface area contributed by atoms with Crippen LogP contribution in [0, 0.1) is 0 Å². The largest absolute Gasteiger partial charge is 0.340 e. The Hall–Kier alpha value is -0.910. The van der Waals surface area contributed by atoms with E-state index in [4.69, 9.17) is 0 Å². The first-order chi connectivity index (χ1) is 9.41. The summed E-state index contributed by atoms with van der Waals surface area (Å²) in [5.74, 6) is 0. The minimum Gasteiger partial charge on any atom is -0.340 e. The number of rotatable bonds is 4. The highest BCUT2D eigenvalue weighted by Crippen LogP contribution is 2.23. The van der Waals surface area contributed by atoms with E-state index in [-0.39, 0.29) is 5.54 Å². The van der Waals surface area contributed by atoms with E-state index in [1.165, 1.54) is 5.69 Å². The molecule has 114 valence electrons. The second-order valence-electron chi connectivity index (χ2n) is 6.73. The van der Waals surface area contributed by atoms with Crippen molar-refractivity contribution in [1.29, 1.82) is 0 Å². The van der Waals surface area contributed by atoms with Gasteiger partial charge in [0.15, 0.2) is 0 Å². The third-order valence-electron chi connectivity index (χ3n) is 4.17. The summed E-state index contributed by atoms with van der Waals surface area (Å²) in [5.41, 5.74) is 1.45. The summed E-state index contributed by atoms with van der Waals surface area (Å²) in [6.07, 6.45) is 4.03. The van der Waals surface area contributed by atoms with Gasteiger partial charge >= 0.3 is 0 Å². The average Bonchev–Trinajstić information content (AvgIpc) is 2.81. The standard InChI is InChI=1S/C15H29N5/c1-15(2,3)20-8-6-19(7-9-20)14(10-16-4)13-11-18(5)12-17-13/h11-12,14,16H,6-10H2,1-5H3. The molecule has 0 bridgehead atoms. The zero-order chi connectivity index (χ0) is 14.8. The molecule has 0 aromatic carbocycles. The first kappa shape index (κ1) is 15.5. The Morgan fingerprint density at radius 3 is 2.35 bits per heavy atom. The summed E-state index contributed by atoms with van der Waals surface area (Å²) in [7, 11) is 4.05. The number of aromatic nitrogens is 2. The Bertz CT molecular complexity index is 412. The molecule has 0 spiro atoms. The minimum atomic E-state index is 0.273. The van der Waals surface area contributed by atoms with Crippen LogP contribution in [-0.2, 0) is 7.05 Å². The van der Waals surface area contributed by atoms with Gasteiger partial charge in [0.05, 0.1) is 18.1 Å². The van der Waals surface area contributed by atoms with Crippen LogP contribution in [0.5, 0.6) is 0 Å². The van der Waals surface area contributed by atoms with Gasteiger partial charge in [0, 0.05) is 51.5 Å². The zero-order valence-corrected chi connectivity index (χ0v) is 13.6. The van der Waals surface area contributed by atoms with Crippen molar-refractivity contribution in [2.75, 3.05) is 39.8 Å².